The Labute approximate surface area is 161 Å². The lowest BCUT2D eigenvalue weighted by atomic mass is 10.3. The number of hydrogen-bond donors (Lipinski definition) is 2. The van der Waals surface area contributed by atoms with E-state index in [0.717, 1.165) is 12.8 Å². The van der Waals surface area contributed by atoms with E-state index in [1.54, 1.807) is 31.2 Å². The molecule has 0 aliphatic carbocycles. The lowest BCUT2D eigenvalue weighted by Gasteiger charge is -2.23. The first-order chi connectivity index (χ1) is 12.4. The van der Waals surface area contributed by atoms with Gasteiger partial charge in [-0.05, 0) is 25.5 Å². The molecule has 140 valence electrons. The lowest BCUT2D eigenvalue weighted by molar-refractivity contribution is -0.116. The summed E-state index contributed by atoms with van der Waals surface area (Å²) in [5.74, 6) is 0.501. The Kier molecular flexibility index (Phi) is 7.29. The van der Waals surface area contributed by atoms with Gasteiger partial charge in [-0.3, -0.25) is 4.79 Å². The van der Waals surface area contributed by atoms with E-state index in [9.17, 15) is 9.59 Å². The van der Waals surface area contributed by atoms with Crippen LogP contribution in [0.2, 0.25) is 10.0 Å². The average molecular weight is 399 g/mol. The predicted octanol–water partition coefficient (Wildman–Crippen LogP) is 4.56. The Bertz CT molecular complexity index is 759. The van der Waals surface area contributed by atoms with Gasteiger partial charge in [0.15, 0.2) is 5.82 Å². The van der Waals surface area contributed by atoms with E-state index in [1.165, 1.54) is 4.90 Å². The van der Waals surface area contributed by atoms with Crippen molar-refractivity contribution in [2.24, 2.45) is 0 Å². The Morgan fingerprint density at radius 2 is 1.92 bits per heavy atom. The Balaban J connectivity index is 2.05. The summed E-state index contributed by atoms with van der Waals surface area (Å²) < 4.78 is 4.90. The molecule has 3 amide bonds. The van der Waals surface area contributed by atoms with Gasteiger partial charge in [0.2, 0.25) is 5.91 Å². The van der Waals surface area contributed by atoms with Crippen molar-refractivity contribution in [2.45, 2.75) is 26.7 Å². The highest BCUT2D eigenvalue weighted by atomic mass is 35.5. The molecule has 1 aromatic carbocycles. The van der Waals surface area contributed by atoms with Crippen LogP contribution in [0.3, 0.4) is 0 Å². The average Bonchev–Trinajstić information content (AvgIpc) is 2.99. The third-order valence-electron chi connectivity index (χ3n) is 3.49. The van der Waals surface area contributed by atoms with Gasteiger partial charge in [0, 0.05) is 12.6 Å². The molecule has 2 rings (SSSR count). The van der Waals surface area contributed by atoms with Crippen molar-refractivity contribution in [3.63, 3.8) is 0 Å². The normalized spacial score (nSPS) is 10.5. The molecule has 1 aromatic heterocycles. The first kappa shape index (κ1) is 20.1. The smallest absolute Gasteiger partial charge is 0.322 e. The molecule has 0 radical (unpaired) electrons. The third-order valence-corrected chi connectivity index (χ3v) is 4.12. The van der Waals surface area contributed by atoms with Crippen LogP contribution >= 0.6 is 23.2 Å². The van der Waals surface area contributed by atoms with Crippen molar-refractivity contribution < 1.29 is 14.1 Å². The van der Waals surface area contributed by atoms with Gasteiger partial charge in [-0.1, -0.05) is 47.8 Å². The summed E-state index contributed by atoms with van der Waals surface area (Å²) in [4.78, 5) is 26.2. The summed E-state index contributed by atoms with van der Waals surface area (Å²) in [5.41, 5.74) is 0.315. The van der Waals surface area contributed by atoms with E-state index in [2.05, 4.69) is 15.8 Å². The van der Waals surface area contributed by atoms with Crippen molar-refractivity contribution in [3.8, 4) is 0 Å². The zero-order valence-electron chi connectivity index (χ0n) is 14.5. The number of benzene rings is 1. The quantitative estimate of drug-likeness (QED) is 0.715. The lowest BCUT2D eigenvalue weighted by Crippen LogP contribution is -2.41. The molecule has 0 aliphatic heterocycles. The second-order valence-corrected chi connectivity index (χ2v) is 6.49. The molecule has 0 unspecified atom stereocenters. The molecule has 9 heteroatoms. The van der Waals surface area contributed by atoms with Crippen LogP contribution in [-0.4, -0.2) is 35.1 Å². The number of unbranched alkanes of at least 4 members (excludes halogenated alkanes) is 1. The maximum atomic E-state index is 12.6. The number of para-hydroxylation sites is 1. The maximum absolute atomic E-state index is 12.6. The monoisotopic (exact) mass is 398 g/mol. The first-order valence-corrected chi connectivity index (χ1v) is 8.89. The number of nitrogens with zero attached hydrogens (tertiary/aromatic N) is 2. The SMILES string of the molecule is CCCCN(CC(=O)Nc1cc(C)on1)C(=O)Nc1c(Cl)cccc1Cl. The van der Waals surface area contributed by atoms with Gasteiger partial charge in [-0.2, -0.15) is 0 Å². The van der Waals surface area contributed by atoms with E-state index in [-0.39, 0.29) is 12.5 Å². The molecule has 0 bridgehead atoms. The fraction of sp³-hybridized carbons (Fsp3) is 0.353. The van der Waals surface area contributed by atoms with Crippen LogP contribution in [0.15, 0.2) is 28.8 Å². The van der Waals surface area contributed by atoms with E-state index in [4.69, 9.17) is 27.7 Å². The Morgan fingerprint density at radius 1 is 1.23 bits per heavy atom. The zero-order valence-corrected chi connectivity index (χ0v) is 16.0. The number of carbonyl (C=O) groups is 2. The van der Waals surface area contributed by atoms with Crippen LogP contribution < -0.4 is 10.6 Å². The second-order valence-electron chi connectivity index (χ2n) is 5.67. The molecule has 2 N–H and O–H groups in total. The Morgan fingerprint density at radius 3 is 2.50 bits per heavy atom. The molecular weight excluding hydrogens is 379 g/mol. The molecular formula is C17H20Cl2N4O3. The van der Waals surface area contributed by atoms with Gasteiger partial charge in [0.05, 0.1) is 15.7 Å². The number of anilines is 2. The van der Waals surface area contributed by atoms with Crippen molar-refractivity contribution >= 4 is 46.6 Å². The summed E-state index contributed by atoms with van der Waals surface area (Å²) in [6, 6.07) is 6.07. The summed E-state index contributed by atoms with van der Waals surface area (Å²) >= 11 is 12.2. The van der Waals surface area contributed by atoms with Crippen LogP contribution in [0.4, 0.5) is 16.3 Å². The van der Waals surface area contributed by atoms with Crippen LogP contribution in [0.5, 0.6) is 0 Å². The number of carbonyl (C=O) groups excluding carboxylic acids is 2. The molecule has 0 aliphatic rings. The number of rotatable bonds is 7. The van der Waals surface area contributed by atoms with Gasteiger partial charge < -0.3 is 20.1 Å². The van der Waals surface area contributed by atoms with Crippen molar-refractivity contribution in [3.05, 3.63) is 40.1 Å². The summed E-state index contributed by atoms with van der Waals surface area (Å²) in [7, 11) is 0. The summed E-state index contributed by atoms with van der Waals surface area (Å²) in [6.45, 7) is 3.99. The minimum atomic E-state index is -0.458. The maximum Gasteiger partial charge on any atom is 0.322 e. The highest BCUT2D eigenvalue weighted by Crippen LogP contribution is 2.30. The minimum Gasteiger partial charge on any atom is -0.360 e. The Hall–Kier alpha value is -2.25. The summed E-state index contributed by atoms with van der Waals surface area (Å²) in [5, 5.41) is 9.61. The van der Waals surface area contributed by atoms with Crippen molar-refractivity contribution in [1.82, 2.24) is 10.1 Å². The second kappa shape index (κ2) is 9.45. The number of aromatic nitrogens is 1. The highest BCUT2D eigenvalue weighted by Gasteiger charge is 2.19. The van der Waals surface area contributed by atoms with Crippen molar-refractivity contribution in [2.75, 3.05) is 23.7 Å². The number of hydrogen-bond acceptors (Lipinski definition) is 4. The topological polar surface area (TPSA) is 87.5 Å². The molecule has 0 atom stereocenters. The van der Waals surface area contributed by atoms with Crippen LogP contribution in [0, 0.1) is 6.92 Å². The standard InChI is InChI=1S/C17H20Cl2N4O3/c1-3-4-8-23(10-15(24)20-14-9-11(2)26-22-14)17(25)21-16-12(18)6-5-7-13(16)19/h5-7,9H,3-4,8,10H2,1-2H3,(H,21,25)(H,20,22,24). The number of nitrogens with one attached hydrogen (secondary N) is 2. The molecule has 26 heavy (non-hydrogen) atoms. The molecule has 0 saturated carbocycles. The van der Waals surface area contributed by atoms with Gasteiger partial charge in [0.1, 0.15) is 12.3 Å². The molecule has 0 saturated heterocycles. The van der Waals surface area contributed by atoms with Crippen LogP contribution in [0.25, 0.3) is 0 Å². The van der Waals surface area contributed by atoms with Gasteiger partial charge >= 0.3 is 6.03 Å². The first-order valence-electron chi connectivity index (χ1n) is 8.13. The van der Waals surface area contributed by atoms with Crippen LogP contribution in [-0.2, 0) is 4.79 Å². The van der Waals surface area contributed by atoms with E-state index in [0.29, 0.717) is 33.9 Å². The molecule has 2 aromatic rings. The molecule has 7 nitrogen and oxygen atoms in total. The minimum absolute atomic E-state index is 0.139. The zero-order chi connectivity index (χ0) is 19.1. The third kappa shape index (κ3) is 5.64. The van der Waals surface area contributed by atoms with E-state index in [1.807, 2.05) is 6.92 Å². The van der Waals surface area contributed by atoms with E-state index >= 15 is 0 Å². The fourth-order valence-electron chi connectivity index (χ4n) is 2.19. The number of urea groups is 1. The molecule has 1 heterocycles. The van der Waals surface area contributed by atoms with Crippen LogP contribution in [0.1, 0.15) is 25.5 Å². The van der Waals surface area contributed by atoms with Gasteiger partial charge in [-0.15, -0.1) is 0 Å². The molecule has 0 fully saturated rings. The van der Waals surface area contributed by atoms with Gasteiger partial charge in [-0.25, -0.2) is 4.79 Å². The summed E-state index contributed by atoms with van der Waals surface area (Å²) in [6.07, 6.45) is 1.63. The largest absolute Gasteiger partial charge is 0.360 e. The molecule has 0 spiro atoms. The number of aryl methyl sites for hydroxylation is 1. The number of halogens is 2. The van der Waals surface area contributed by atoms with Crippen molar-refractivity contribution in [1.29, 1.82) is 0 Å². The number of amides is 3. The highest BCUT2D eigenvalue weighted by molar-refractivity contribution is 6.39. The predicted molar refractivity (Wildman–Crippen MR) is 102 cm³/mol. The fourth-order valence-corrected chi connectivity index (χ4v) is 2.68. The van der Waals surface area contributed by atoms with E-state index < -0.39 is 6.03 Å². The van der Waals surface area contributed by atoms with Gasteiger partial charge in [0.25, 0.3) is 0 Å².